The first-order valence-electron chi connectivity index (χ1n) is 7.33. The fourth-order valence-electron chi connectivity index (χ4n) is 2.54. The van der Waals surface area contributed by atoms with Crippen molar-refractivity contribution in [2.45, 2.75) is 24.7 Å². The van der Waals surface area contributed by atoms with E-state index in [1.807, 2.05) is 0 Å². The van der Waals surface area contributed by atoms with E-state index in [1.165, 1.54) is 19.2 Å². The van der Waals surface area contributed by atoms with Gasteiger partial charge < -0.3 is 10.1 Å². The molecule has 0 bridgehead atoms. The van der Waals surface area contributed by atoms with Gasteiger partial charge in [-0.1, -0.05) is 6.07 Å². The second-order valence-electron chi connectivity index (χ2n) is 5.51. The van der Waals surface area contributed by atoms with E-state index >= 15 is 0 Å². The van der Waals surface area contributed by atoms with E-state index in [0.717, 1.165) is 25.9 Å². The molecule has 0 amide bonds. The van der Waals surface area contributed by atoms with Crippen LogP contribution in [0.5, 0.6) is 0 Å². The predicted molar refractivity (Wildman–Crippen MR) is 83.3 cm³/mol. The summed E-state index contributed by atoms with van der Waals surface area (Å²) >= 11 is 0. The summed E-state index contributed by atoms with van der Waals surface area (Å²) in [6.07, 6.45) is 1.89. The summed E-state index contributed by atoms with van der Waals surface area (Å²) in [6.45, 7) is 4.08. The Balaban J connectivity index is 2.06. The topological polar surface area (TPSA) is 84.5 Å². The first kappa shape index (κ1) is 16.9. The third-order valence-electron chi connectivity index (χ3n) is 3.93. The zero-order chi connectivity index (χ0) is 16.2. The van der Waals surface area contributed by atoms with Gasteiger partial charge in [-0.2, -0.15) is 0 Å². The van der Waals surface area contributed by atoms with Crippen molar-refractivity contribution in [1.82, 2.24) is 10.0 Å². The molecule has 2 N–H and O–H groups in total. The van der Waals surface area contributed by atoms with Crippen molar-refractivity contribution < 1.29 is 17.9 Å². The SMILES string of the molecule is COC(=O)c1cc(S(=O)(=O)NCCC2CCNC2)ccc1C. The van der Waals surface area contributed by atoms with Crippen LogP contribution in [-0.4, -0.2) is 41.1 Å². The van der Waals surface area contributed by atoms with Crippen LogP contribution in [-0.2, 0) is 14.8 Å². The van der Waals surface area contributed by atoms with E-state index in [-0.39, 0.29) is 10.5 Å². The third-order valence-corrected chi connectivity index (χ3v) is 5.39. The molecule has 1 aromatic carbocycles. The maximum Gasteiger partial charge on any atom is 0.338 e. The summed E-state index contributed by atoms with van der Waals surface area (Å²) in [5.41, 5.74) is 0.952. The number of ether oxygens (including phenoxy) is 1. The first-order valence-corrected chi connectivity index (χ1v) is 8.81. The number of sulfonamides is 1. The lowest BCUT2D eigenvalue weighted by atomic mass is 10.1. The average molecular weight is 326 g/mol. The second kappa shape index (κ2) is 7.21. The molecule has 1 atom stereocenters. The lowest BCUT2D eigenvalue weighted by Gasteiger charge is -2.11. The van der Waals surface area contributed by atoms with E-state index in [2.05, 4.69) is 14.8 Å². The summed E-state index contributed by atoms with van der Waals surface area (Å²) in [5, 5.41) is 3.26. The molecule has 1 heterocycles. The van der Waals surface area contributed by atoms with Gasteiger partial charge in [-0.25, -0.2) is 17.9 Å². The summed E-state index contributed by atoms with van der Waals surface area (Å²) in [5.74, 6) is -0.0158. The van der Waals surface area contributed by atoms with Crippen LogP contribution in [0.2, 0.25) is 0 Å². The minimum absolute atomic E-state index is 0.0862. The predicted octanol–water partition coefficient (Wildman–Crippen LogP) is 1.06. The van der Waals surface area contributed by atoms with Crippen LogP contribution in [0.1, 0.15) is 28.8 Å². The molecule has 1 aromatic rings. The molecule has 1 aliphatic heterocycles. The van der Waals surface area contributed by atoms with Crippen LogP contribution < -0.4 is 10.0 Å². The van der Waals surface area contributed by atoms with E-state index < -0.39 is 16.0 Å². The Labute approximate surface area is 131 Å². The molecule has 1 saturated heterocycles. The van der Waals surface area contributed by atoms with Gasteiger partial charge in [0.1, 0.15) is 0 Å². The lowest BCUT2D eigenvalue weighted by Crippen LogP contribution is -2.27. The Kier molecular flexibility index (Phi) is 5.55. The number of methoxy groups -OCH3 is 1. The average Bonchev–Trinajstić information content (AvgIpc) is 3.00. The van der Waals surface area contributed by atoms with Crippen LogP contribution in [0.25, 0.3) is 0 Å². The van der Waals surface area contributed by atoms with Crippen LogP contribution in [0.3, 0.4) is 0 Å². The summed E-state index contributed by atoms with van der Waals surface area (Å²) < 4.78 is 31.9. The van der Waals surface area contributed by atoms with Gasteiger partial charge in [-0.15, -0.1) is 0 Å². The summed E-state index contributed by atoms with van der Waals surface area (Å²) in [7, 11) is -2.34. The molecule has 0 spiro atoms. The molecule has 6 nitrogen and oxygen atoms in total. The number of hydrogen-bond donors (Lipinski definition) is 2. The summed E-state index contributed by atoms with van der Waals surface area (Å²) in [4.78, 5) is 11.7. The van der Waals surface area contributed by atoms with Gasteiger partial charge in [0.15, 0.2) is 0 Å². The number of benzene rings is 1. The number of aryl methyl sites for hydroxylation is 1. The molecular formula is C15H22N2O4S. The van der Waals surface area contributed by atoms with Crippen molar-refractivity contribution in [3.63, 3.8) is 0 Å². The van der Waals surface area contributed by atoms with E-state index in [0.29, 0.717) is 18.0 Å². The molecule has 0 radical (unpaired) electrons. The van der Waals surface area contributed by atoms with Gasteiger partial charge in [0.2, 0.25) is 10.0 Å². The molecule has 0 aliphatic carbocycles. The van der Waals surface area contributed by atoms with Gasteiger partial charge in [0, 0.05) is 6.54 Å². The lowest BCUT2D eigenvalue weighted by molar-refractivity contribution is 0.0599. The van der Waals surface area contributed by atoms with Crippen molar-refractivity contribution in [3.8, 4) is 0 Å². The zero-order valence-corrected chi connectivity index (χ0v) is 13.7. The van der Waals surface area contributed by atoms with Crippen molar-refractivity contribution >= 4 is 16.0 Å². The monoisotopic (exact) mass is 326 g/mol. The molecule has 1 unspecified atom stereocenters. The Hall–Kier alpha value is -1.44. The van der Waals surface area contributed by atoms with E-state index in [4.69, 9.17) is 0 Å². The number of rotatable bonds is 6. The highest BCUT2D eigenvalue weighted by Gasteiger charge is 2.19. The van der Waals surface area contributed by atoms with Crippen LogP contribution in [0.15, 0.2) is 23.1 Å². The van der Waals surface area contributed by atoms with Crippen LogP contribution in [0.4, 0.5) is 0 Å². The minimum Gasteiger partial charge on any atom is -0.465 e. The normalized spacial score (nSPS) is 18.4. The Bertz CT molecular complexity index is 637. The van der Waals surface area contributed by atoms with Gasteiger partial charge >= 0.3 is 5.97 Å². The standard InChI is InChI=1S/C15H22N2O4S/c1-11-3-4-13(9-14(11)15(18)21-2)22(19,20)17-8-6-12-5-7-16-10-12/h3-4,9,12,16-17H,5-8,10H2,1-2H3. The Morgan fingerprint density at radius 3 is 2.86 bits per heavy atom. The third kappa shape index (κ3) is 4.06. The van der Waals surface area contributed by atoms with Crippen LogP contribution >= 0.6 is 0 Å². The number of hydrogen-bond acceptors (Lipinski definition) is 5. The molecule has 1 aliphatic rings. The van der Waals surface area contributed by atoms with Crippen molar-refractivity contribution in [2.75, 3.05) is 26.7 Å². The van der Waals surface area contributed by atoms with Crippen molar-refractivity contribution in [3.05, 3.63) is 29.3 Å². The maximum atomic E-state index is 12.3. The summed E-state index contributed by atoms with van der Waals surface area (Å²) in [6, 6.07) is 4.48. The highest BCUT2D eigenvalue weighted by Crippen LogP contribution is 2.17. The number of esters is 1. The highest BCUT2D eigenvalue weighted by atomic mass is 32.2. The van der Waals surface area contributed by atoms with Gasteiger partial charge in [0.05, 0.1) is 17.6 Å². The molecular weight excluding hydrogens is 304 g/mol. The Morgan fingerprint density at radius 1 is 1.45 bits per heavy atom. The second-order valence-corrected chi connectivity index (χ2v) is 7.28. The highest BCUT2D eigenvalue weighted by molar-refractivity contribution is 7.89. The largest absolute Gasteiger partial charge is 0.465 e. The number of carbonyl (C=O) groups is 1. The molecule has 0 saturated carbocycles. The van der Waals surface area contributed by atoms with Gasteiger partial charge in [0.25, 0.3) is 0 Å². The molecule has 122 valence electrons. The first-order chi connectivity index (χ1) is 10.4. The fraction of sp³-hybridized carbons (Fsp3) is 0.533. The van der Waals surface area contributed by atoms with E-state index in [9.17, 15) is 13.2 Å². The van der Waals surface area contributed by atoms with Crippen molar-refractivity contribution in [1.29, 1.82) is 0 Å². The smallest absolute Gasteiger partial charge is 0.338 e. The molecule has 7 heteroatoms. The number of nitrogens with one attached hydrogen (secondary N) is 2. The quantitative estimate of drug-likeness (QED) is 0.764. The minimum atomic E-state index is -3.61. The molecule has 2 rings (SSSR count). The molecule has 22 heavy (non-hydrogen) atoms. The van der Waals surface area contributed by atoms with Gasteiger partial charge in [-0.3, -0.25) is 0 Å². The molecule has 0 aromatic heterocycles. The fourth-order valence-corrected chi connectivity index (χ4v) is 3.61. The molecule has 1 fully saturated rings. The van der Waals surface area contributed by atoms with Crippen LogP contribution in [0, 0.1) is 12.8 Å². The van der Waals surface area contributed by atoms with Crippen molar-refractivity contribution in [2.24, 2.45) is 5.92 Å². The Morgan fingerprint density at radius 2 is 2.23 bits per heavy atom. The maximum absolute atomic E-state index is 12.3. The zero-order valence-electron chi connectivity index (χ0n) is 12.9. The number of carbonyl (C=O) groups excluding carboxylic acids is 1. The van der Waals surface area contributed by atoms with E-state index in [1.54, 1.807) is 13.0 Å². The van der Waals surface area contributed by atoms with Gasteiger partial charge in [-0.05, 0) is 56.5 Å².